The molecule has 4 nitrogen and oxygen atoms in total. The minimum Gasteiger partial charge on any atom is -0.279 e. The van der Waals surface area contributed by atoms with E-state index in [1.165, 1.54) is 0 Å². The van der Waals surface area contributed by atoms with Crippen LogP contribution in [0.3, 0.4) is 0 Å². The maximum atomic E-state index is 13.0. The van der Waals surface area contributed by atoms with E-state index in [1.54, 1.807) is 24.4 Å². The van der Waals surface area contributed by atoms with Gasteiger partial charge in [-0.25, -0.2) is 8.42 Å². The summed E-state index contributed by atoms with van der Waals surface area (Å²) in [6, 6.07) is 14.7. The lowest BCUT2D eigenvalue weighted by Crippen LogP contribution is -2.16. The predicted molar refractivity (Wildman–Crippen MR) is 97.7 cm³/mol. The van der Waals surface area contributed by atoms with Crippen molar-refractivity contribution in [2.75, 3.05) is 4.72 Å². The summed E-state index contributed by atoms with van der Waals surface area (Å²) in [5.41, 5.74) is 3.16. The number of anilines is 1. The molecule has 0 spiro atoms. The lowest BCUT2D eigenvalue weighted by atomic mass is 10.0. The zero-order valence-corrected chi connectivity index (χ0v) is 14.6. The molecule has 3 rings (SSSR count). The van der Waals surface area contributed by atoms with Crippen molar-refractivity contribution in [3.05, 3.63) is 65.9 Å². The highest BCUT2D eigenvalue weighted by atomic mass is 32.2. The normalized spacial score (nSPS) is 11.6. The molecule has 124 valence electrons. The average molecular weight is 340 g/mol. The first-order valence-electron chi connectivity index (χ1n) is 8.04. The zero-order valence-electron chi connectivity index (χ0n) is 13.8. The van der Waals surface area contributed by atoms with E-state index in [1.807, 2.05) is 44.2 Å². The van der Waals surface area contributed by atoms with E-state index in [0.717, 1.165) is 29.4 Å². The molecule has 0 saturated heterocycles. The number of hydrogen-bond donors (Lipinski definition) is 1. The van der Waals surface area contributed by atoms with Crippen LogP contribution in [-0.4, -0.2) is 13.4 Å². The average Bonchev–Trinajstić information content (AvgIpc) is 2.61. The number of rotatable bonds is 5. The van der Waals surface area contributed by atoms with Crippen LogP contribution in [0.4, 0.5) is 5.69 Å². The first-order chi connectivity index (χ1) is 11.6. The quantitative estimate of drug-likeness (QED) is 0.758. The summed E-state index contributed by atoms with van der Waals surface area (Å²) >= 11 is 0. The third-order valence-electron chi connectivity index (χ3n) is 4.12. The largest absolute Gasteiger partial charge is 0.279 e. The number of nitrogens with one attached hydrogen (secondary N) is 1. The first-order valence-corrected chi connectivity index (χ1v) is 9.52. The Labute approximate surface area is 142 Å². The molecule has 2 aromatic carbocycles. The molecule has 0 radical (unpaired) electrons. The number of pyridine rings is 1. The summed E-state index contributed by atoms with van der Waals surface area (Å²) in [5, 5.41) is 0.805. The number of aryl methyl sites for hydroxylation is 2. The first kappa shape index (κ1) is 16.5. The van der Waals surface area contributed by atoms with Crippen molar-refractivity contribution >= 4 is 26.6 Å². The third kappa shape index (κ3) is 2.99. The highest BCUT2D eigenvalue weighted by molar-refractivity contribution is 7.93. The maximum absolute atomic E-state index is 13.0. The van der Waals surface area contributed by atoms with Gasteiger partial charge in [-0.1, -0.05) is 50.2 Å². The van der Waals surface area contributed by atoms with Crippen LogP contribution in [0, 0.1) is 0 Å². The summed E-state index contributed by atoms with van der Waals surface area (Å²) in [6.07, 6.45) is 3.14. The molecule has 1 heterocycles. The molecule has 0 aliphatic rings. The molecule has 0 aliphatic heterocycles. The fourth-order valence-corrected chi connectivity index (χ4v) is 4.18. The Balaban J connectivity index is 2.13. The highest BCUT2D eigenvalue weighted by Gasteiger charge is 2.20. The van der Waals surface area contributed by atoms with Gasteiger partial charge in [0, 0.05) is 11.6 Å². The standard InChI is InChI=1S/C19H20N2O2S/c1-3-14-8-5-9-15(4-2)18(14)21-24(22,23)17-12-6-10-16-11-7-13-20-19(16)17/h5-13,21H,3-4H2,1-2H3. The number of aromatic nitrogens is 1. The van der Waals surface area contributed by atoms with Crippen LogP contribution in [0.25, 0.3) is 10.9 Å². The van der Waals surface area contributed by atoms with Gasteiger partial charge in [-0.2, -0.15) is 0 Å². The van der Waals surface area contributed by atoms with Crippen molar-refractivity contribution in [3.8, 4) is 0 Å². The van der Waals surface area contributed by atoms with Crippen LogP contribution in [0.1, 0.15) is 25.0 Å². The molecule has 0 aliphatic carbocycles. The lowest BCUT2D eigenvalue weighted by Gasteiger charge is -2.16. The topological polar surface area (TPSA) is 59.1 Å². The van der Waals surface area contributed by atoms with Crippen molar-refractivity contribution < 1.29 is 8.42 Å². The van der Waals surface area contributed by atoms with Crippen LogP contribution >= 0.6 is 0 Å². The molecule has 24 heavy (non-hydrogen) atoms. The van der Waals surface area contributed by atoms with E-state index in [4.69, 9.17) is 0 Å². The molecule has 1 aromatic heterocycles. The number of sulfonamides is 1. The minimum atomic E-state index is -3.72. The van der Waals surface area contributed by atoms with Gasteiger partial charge in [-0.05, 0) is 36.1 Å². The predicted octanol–water partition coefficient (Wildman–Crippen LogP) is 4.16. The second-order valence-electron chi connectivity index (χ2n) is 5.60. The highest BCUT2D eigenvalue weighted by Crippen LogP contribution is 2.28. The molecular formula is C19H20N2O2S. The Kier molecular flexibility index (Phi) is 4.53. The van der Waals surface area contributed by atoms with Crippen molar-refractivity contribution in [2.45, 2.75) is 31.6 Å². The summed E-state index contributed by atoms with van der Waals surface area (Å²) in [6.45, 7) is 4.04. The van der Waals surface area contributed by atoms with Gasteiger partial charge in [0.25, 0.3) is 10.0 Å². The van der Waals surface area contributed by atoms with Crippen LogP contribution in [0.5, 0.6) is 0 Å². The van der Waals surface area contributed by atoms with Crippen LogP contribution in [0.2, 0.25) is 0 Å². The van der Waals surface area contributed by atoms with Gasteiger partial charge in [0.2, 0.25) is 0 Å². The number of hydrogen-bond acceptors (Lipinski definition) is 3. The van der Waals surface area contributed by atoms with Gasteiger partial charge in [-0.15, -0.1) is 0 Å². The summed E-state index contributed by atoms with van der Waals surface area (Å²) in [4.78, 5) is 4.46. The van der Waals surface area contributed by atoms with Gasteiger partial charge >= 0.3 is 0 Å². The van der Waals surface area contributed by atoms with Crippen molar-refractivity contribution in [1.82, 2.24) is 4.98 Å². The molecule has 0 amide bonds. The zero-order chi connectivity index (χ0) is 17.2. The molecule has 0 fully saturated rings. The van der Waals surface area contributed by atoms with E-state index in [0.29, 0.717) is 11.2 Å². The van der Waals surface area contributed by atoms with E-state index in [2.05, 4.69) is 9.71 Å². The Morgan fingerprint density at radius 3 is 2.21 bits per heavy atom. The smallest absolute Gasteiger partial charge is 0.264 e. The fourth-order valence-electron chi connectivity index (χ4n) is 2.86. The van der Waals surface area contributed by atoms with Crippen LogP contribution in [0.15, 0.2) is 59.6 Å². The van der Waals surface area contributed by atoms with Crippen molar-refractivity contribution in [3.63, 3.8) is 0 Å². The van der Waals surface area contributed by atoms with E-state index < -0.39 is 10.0 Å². The molecule has 3 aromatic rings. The molecule has 1 N–H and O–H groups in total. The van der Waals surface area contributed by atoms with E-state index >= 15 is 0 Å². The number of nitrogens with zero attached hydrogens (tertiary/aromatic N) is 1. The second-order valence-corrected chi connectivity index (χ2v) is 7.25. The summed E-state index contributed by atoms with van der Waals surface area (Å²) in [5.74, 6) is 0. The second kappa shape index (κ2) is 6.61. The number of para-hydroxylation sites is 2. The summed E-state index contributed by atoms with van der Waals surface area (Å²) in [7, 11) is -3.72. The van der Waals surface area contributed by atoms with Crippen molar-refractivity contribution in [1.29, 1.82) is 0 Å². The third-order valence-corrected chi connectivity index (χ3v) is 5.50. The number of benzene rings is 2. The minimum absolute atomic E-state index is 0.202. The molecule has 0 saturated carbocycles. The lowest BCUT2D eigenvalue weighted by molar-refractivity contribution is 0.601. The van der Waals surface area contributed by atoms with Gasteiger partial charge in [0.1, 0.15) is 4.90 Å². The monoisotopic (exact) mass is 340 g/mol. The Morgan fingerprint density at radius 2 is 1.54 bits per heavy atom. The van der Waals surface area contributed by atoms with Gasteiger partial charge < -0.3 is 0 Å². The maximum Gasteiger partial charge on any atom is 0.264 e. The Hall–Kier alpha value is -2.40. The van der Waals surface area contributed by atoms with Gasteiger partial charge in [0.15, 0.2) is 0 Å². The van der Waals surface area contributed by atoms with E-state index in [-0.39, 0.29) is 4.90 Å². The summed E-state index contributed by atoms with van der Waals surface area (Å²) < 4.78 is 28.8. The Bertz CT molecular complexity index is 954. The molecule has 0 bridgehead atoms. The SMILES string of the molecule is CCc1cccc(CC)c1NS(=O)(=O)c1cccc2cccnc12. The van der Waals surface area contributed by atoms with Crippen LogP contribution in [-0.2, 0) is 22.9 Å². The number of fused-ring (bicyclic) bond motifs is 1. The molecular weight excluding hydrogens is 320 g/mol. The van der Waals surface area contributed by atoms with Crippen LogP contribution < -0.4 is 4.72 Å². The van der Waals surface area contributed by atoms with Gasteiger partial charge in [-0.3, -0.25) is 9.71 Å². The van der Waals surface area contributed by atoms with Crippen molar-refractivity contribution in [2.24, 2.45) is 0 Å². The Morgan fingerprint density at radius 1 is 0.917 bits per heavy atom. The molecule has 0 atom stereocenters. The fraction of sp³-hybridized carbons (Fsp3) is 0.211. The molecule has 0 unspecified atom stereocenters. The van der Waals surface area contributed by atoms with Gasteiger partial charge in [0.05, 0.1) is 11.2 Å². The molecule has 5 heteroatoms. The van der Waals surface area contributed by atoms with E-state index in [9.17, 15) is 8.42 Å².